The minimum Gasteiger partial charge on any atom is -0.309 e. The molecule has 0 fully saturated rings. The molecule has 110 valence electrons. The number of rotatable bonds is 6. The van der Waals surface area contributed by atoms with E-state index >= 15 is 0 Å². The van der Waals surface area contributed by atoms with E-state index in [4.69, 9.17) is 4.98 Å². The Bertz CT molecular complexity index is 393. The molecule has 4 heteroatoms. The monoisotopic (exact) mass is 300 g/mol. The highest BCUT2D eigenvalue weighted by molar-refractivity contribution is 7.99. The van der Waals surface area contributed by atoms with Gasteiger partial charge in [0.15, 0.2) is 0 Å². The Labute approximate surface area is 126 Å². The summed E-state index contributed by atoms with van der Waals surface area (Å²) in [7, 11) is 0. The molecule has 2 unspecified atom stereocenters. The molecule has 0 radical (unpaired) electrons. The molecule has 0 bridgehead atoms. The highest BCUT2D eigenvalue weighted by atomic mass is 32.2. The molecule has 0 spiro atoms. The predicted octanol–water partition coefficient (Wildman–Crippen LogP) is 4.54. The first-order chi connectivity index (χ1) is 8.75. The lowest BCUT2D eigenvalue weighted by Gasteiger charge is -2.15. The van der Waals surface area contributed by atoms with Crippen LogP contribution in [0, 0.1) is 6.92 Å². The molecule has 0 aliphatic rings. The van der Waals surface area contributed by atoms with Gasteiger partial charge in [0, 0.05) is 21.6 Å². The van der Waals surface area contributed by atoms with E-state index in [9.17, 15) is 0 Å². The van der Waals surface area contributed by atoms with Crippen LogP contribution in [0.25, 0.3) is 0 Å². The van der Waals surface area contributed by atoms with Crippen molar-refractivity contribution >= 4 is 23.1 Å². The molecule has 1 rings (SSSR count). The lowest BCUT2D eigenvalue weighted by Crippen LogP contribution is -2.21. The van der Waals surface area contributed by atoms with E-state index < -0.39 is 0 Å². The second-order valence-electron chi connectivity index (χ2n) is 6.23. The lowest BCUT2D eigenvalue weighted by molar-refractivity contribution is 0.561. The number of thiazole rings is 1. The lowest BCUT2D eigenvalue weighted by atomic mass is 9.98. The minimum atomic E-state index is 0.154. The summed E-state index contributed by atoms with van der Waals surface area (Å²) < 4.78 is 0. The van der Waals surface area contributed by atoms with Crippen molar-refractivity contribution in [3.8, 4) is 0 Å². The zero-order valence-electron chi connectivity index (χ0n) is 13.3. The quantitative estimate of drug-likeness (QED) is 0.835. The second kappa shape index (κ2) is 7.09. The molecule has 0 amide bonds. The van der Waals surface area contributed by atoms with Gasteiger partial charge in [0.1, 0.15) is 0 Å². The van der Waals surface area contributed by atoms with Crippen molar-refractivity contribution in [1.82, 2.24) is 10.3 Å². The fraction of sp³-hybridized carbons (Fsp3) is 0.800. The first kappa shape index (κ1) is 17.0. The van der Waals surface area contributed by atoms with Crippen LogP contribution in [0.5, 0.6) is 0 Å². The first-order valence-corrected chi connectivity index (χ1v) is 9.10. The van der Waals surface area contributed by atoms with Gasteiger partial charge < -0.3 is 5.32 Å². The third-order valence-electron chi connectivity index (χ3n) is 3.27. The number of nitrogens with one attached hydrogen (secondary N) is 1. The van der Waals surface area contributed by atoms with Crippen LogP contribution in [0.2, 0.25) is 0 Å². The van der Waals surface area contributed by atoms with Gasteiger partial charge in [-0.05, 0) is 33.1 Å². The standard InChI is InChI=1S/C15H28N2S2/c1-10(18-7)8-9-16-11(2)13-12(3)17-14(19-13)15(4,5)6/h10-11,16H,8-9H2,1-7H3. The summed E-state index contributed by atoms with van der Waals surface area (Å²) in [6.45, 7) is 14.4. The Balaban J connectivity index is 2.62. The van der Waals surface area contributed by atoms with Gasteiger partial charge in [-0.15, -0.1) is 11.3 Å². The summed E-state index contributed by atoms with van der Waals surface area (Å²) in [6, 6.07) is 0.405. The van der Waals surface area contributed by atoms with Crippen LogP contribution in [-0.2, 0) is 5.41 Å². The average molecular weight is 301 g/mol. The molecule has 1 heterocycles. The van der Waals surface area contributed by atoms with Gasteiger partial charge in [0.2, 0.25) is 0 Å². The summed E-state index contributed by atoms with van der Waals surface area (Å²) in [5.41, 5.74) is 1.34. The molecule has 0 saturated carbocycles. The number of hydrogen-bond donors (Lipinski definition) is 1. The SMILES string of the molecule is CSC(C)CCNC(C)c1sc(C(C)(C)C)nc1C. The number of nitrogens with zero attached hydrogens (tertiary/aromatic N) is 1. The topological polar surface area (TPSA) is 24.9 Å². The molecular formula is C15H28N2S2. The fourth-order valence-corrected chi connectivity index (χ4v) is 3.35. The number of aromatic nitrogens is 1. The van der Waals surface area contributed by atoms with E-state index in [0.29, 0.717) is 6.04 Å². The van der Waals surface area contributed by atoms with Crippen LogP contribution in [0.1, 0.15) is 62.7 Å². The van der Waals surface area contributed by atoms with Gasteiger partial charge in [0.25, 0.3) is 0 Å². The molecule has 0 aliphatic carbocycles. The van der Waals surface area contributed by atoms with E-state index in [-0.39, 0.29) is 5.41 Å². The highest BCUT2D eigenvalue weighted by Crippen LogP contribution is 2.32. The third kappa shape index (κ3) is 5.09. The zero-order valence-corrected chi connectivity index (χ0v) is 15.0. The predicted molar refractivity (Wildman–Crippen MR) is 89.6 cm³/mol. The van der Waals surface area contributed by atoms with Gasteiger partial charge in [-0.3, -0.25) is 0 Å². The fourth-order valence-electron chi connectivity index (χ4n) is 1.84. The summed E-state index contributed by atoms with van der Waals surface area (Å²) in [5.74, 6) is 0. The Morgan fingerprint density at radius 3 is 2.42 bits per heavy atom. The Morgan fingerprint density at radius 2 is 1.95 bits per heavy atom. The molecule has 2 atom stereocenters. The van der Waals surface area contributed by atoms with Gasteiger partial charge in [-0.2, -0.15) is 11.8 Å². The number of thioether (sulfide) groups is 1. The Kier molecular flexibility index (Phi) is 6.34. The van der Waals surface area contributed by atoms with Crippen molar-refractivity contribution < 1.29 is 0 Å². The van der Waals surface area contributed by atoms with Crippen molar-refractivity contribution in [2.24, 2.45) is 0 Å². The van der Waals surface area contributed by atoms with Crippen molar-refractivity contribution in [1.29, 1.82) is 0 Å². The van der Waals surface area contributed by atoms with E-state index in [1.165, 1.54) is 22.0 Å². The molecule has 1 N–H and O–H groups in total. The van der Waals surface area contributed by atoms with E-state index in [1.54, 1.807) is 0 Å². The van der Waals surface area contributed by atoms with Crippen LogP contribution in [0.15, 0.2) is 0 Å². The van der Waals surface area contributed by atoms with Crippen LogP contribution >= 0.6 is 23.1 Å². The van der Waals surface area contributed by atoms with Crippen LogP contribution < -0.4 is 5.32 Å². The largest absolute Gasteiger partial charge is 0.309 e. The van der Waals surface area contributed by atoms with Gasteiger partial charge in [-0.25, -0.2) is 4.98 Å². The van der Waals surface area contributed by atoms with Crippen molar-refractivity contribution in [3.05, 3.63) is 15.6 Å². The van der Waals surface area contributed by atoms with Crippen molar-refractivity contribution in [2.75, 3.05) is 12.8 Å². The summed E-state index contributed by atoms with van der Waals surface area (Å²) in [6.07, 6.45) is 3.40. The third-order valence-corrected chi connectivity index (χ3v) is 6.08. The maximum Gasteiger partial charge on any atom is 0.0985 e. The molecular weight excluding hydrogens is 272 g/mol. The number of hydrogen-bond acceptors (Lipinski definition) is 4. The van der Waals surface area contributed by atoms with E-state index in [1.807, 2.05) is 23.1 Å². The van der Waals surface area contributed by atoms with Gasteiger partial charge in [-0.1, -0.05) is 27.7 Å². The maximum absolute atomic E-state index is 4.74. The van der Waals surface area contributed by atoms with E-state index in [0.717, 1.165) is 11.8 Å². The summed E-state index contributed by atoms with van der Waals surface area (Å²) in [5, 5.41) is 5.60. The minimum absolute atomic E-state index is 0.154. The molecule has 2 nitrogen and oxygen atoms in total. The maximum atomic E-state index is 4.74. The average Bonchev–Trinajstić information content (AvgIpc) is 2.70. The van der Waals surface area contributed by atoms with Gasteiger partial charge in [0.05, 0.1) is 10.7 Å². The number of aryl methyl sites for hydroxylation is 1. The van der Waals surface area contributed by atoms with Gasteiger partial charge >= 0.3 is 0 Å². The Hall–Kier alpha value is -0.0600. The van der Waals surface area contributed by atoms with E-state index in [2.05, 4.69) is 53.1 Å². The Morgan fingerprint density at radius 1 is 1.32 bits per heavy atom. The molecule has 1 aromatic heterocycles. The van der Waals surface area contributed by atoms with Crippen LogP contribution in [0.4, 0.5) is 0 Å². The molecule has 1 aromatic rings. The van der Waals surface area contributed by atoms with Crippen LogP contribution in [-0.4, -0.2) is 23.0 Å². The molecule has 0 saturated heterocycles. The summed E-state index contributed by atoms with van der Waals surface area (Å²) in [4.78, 5) is 6.13. The van der Waals surface area contributed by atoms with Crippen molar-refractivity contribution in [2.45, 2.75) is 64.7 Å². The van der Waals surface area contributed by atoms with Crippen LogP contribution in [0.3, 0.4) is 0 Å². The second-order valence-corrected chi connectivity index (χ2v) is 8.54. The summed E-state index contributed by atoms with van der Waals surface area (Å²) >= 11 is 3.79. The first-order valence-electron chi connectivity index (χ1n) is 6.99. The normalized spacial score (nSPS) is 15.5. The highest BCUT2D eigenvalue weighted by Gasteiger charge is 2.22. The molecule has 19 heavy (non-hydrogen) atoms. The molecule has 0 aliphatic heterocycles. The molecule has 0 aromatic carbocycles. The smallest absolute Gasteiger partial charge is 0.0985 e. The zero-order chi connectivity index (χ0) is 14.6. The van der Waals surface area contributed by atoms with Crippen molar-refractivity contribution in [3.63, 3.8) is 0 Å².